The van der Waals surface area contributed by atoms with Gasteiger partial charge < -0.3 is 19.1 Å². The molecule has 0 aliphatic carbocycles. The maximum atomic E-state index is 14.5. The Morgan fingerprint density at radius 2 is 1.45 bits per heavy atom. The molecule has 5 rings (SSSR count). The standard InChI is InChI=1S/C30H32N2O5S/c1-35-22-12-10-21(11-13-22)28-30(29(34)31-18-6-7-19-31,38-24-16-14-23(36-2)15-17-24)20-27(33)32(28)25-8-4-5-9-26(25)37-3/h4-5,8-17,28H,6-7,18-20H2,1-3H3/t28-,30-/m1/s1. The average Bonchev–Trinajstić information content (AvgIpc) is 3.60. The van der Waals surface area contributed by atoms with E-state index < -0.39 is 10.8 Å². The molecule has 0 aromatic heterocycles. The van der Waals surface area contributed by atoms with Gasteiger partial charge in [-0.25, -0.2) is 0 Å². The number of ether oxygens (including phenoxy) is 3. The number of nitrogens with zero attached hydrogens (tertiary/aromatic N) is 2. The molecule has 0 N–H and O–H groups in total. The van der Waals surface area contributed by atoms with Crippen molar-refractivity contribution < 1.29 is 23.8 Å². The zero-order chi connectivity index (χ0) is 26.7. The number of anilines is 1. The highest BCUT2D eigenvalue weighted by molar-refractivity contribution is 8.01. The van der Waals surface area contributed by atoms with Gasteiger partial charge in [0.1, 0.15) is 22.0 Å². The number of carbonyl (C=O) groups is 2. The van der Waals surface area contributed by atoms with Crippen molar-refractivity contribution in [1.82, 2.24) is 4.90 Å². The number of thioether (sulfide) groups is 1. The molecule has 2 atom stereocenters. The van der Waals surface area contributed by atoms with Crippen LogP contribution >= 0.6 is 11.8 Å². The second-order valence-corrected chi connectivity index (χ2v) is 10.9. The van der Waals surface area contributed by atoms with Crippen LogP contribution in [0.15, 0.2) is 77.7 Å². The van der Waals surface area contributed by atoms with Gasteiger partial charge in [-0.05, 0) is 66.9 Å². The van der Waals surface area contributed by atoms with Crippen LogP contribution in [0.2, 0.25) is 0 Å². The molecule has 0 radical (unpaired) electrons. The minimum absolute atomic E-state index is 0.0117. The number of rotatable bonds is 8. The van der Waals surface area contributed by atoms with Crippen LogP contribution in [0.4, 0.5) is 5.69 Å². The van der Waals surface area contributed by atoms with Crippen LogP contribution in [-0.2, 0) is 9.59 Å². The maximum absolute atomic E-state index is 14.5. The number of carbonyl (C=O) groups excluding carboxylic acids is 2. The summed E-state index contributed by atoms with van der Waals surface area (Å²) in [4.78, 5) is 33.1. The largest absolute Gasteiger partial charge is 0.497 e. The first-order chi connectivity index (χ1) is 18.5. The summed E-state index contributed by atoms with van der Waals surface area (Å²) in [6.45, 7) is 1.39. The van der Waals surface area contributed by atoms with Gasteiger partial charge in [-0.15, -0.1) is 11.8 Å². The van der Waals surface area contributed by atoms with Crippen LogP contribution in [0.1, 0.15) is 30.9 Å². The molecule has 0 saturated carbocycles. The number of hydrogen-bond acceptors (Lipinski definition) is 6. The van der Waals surface area contributed by atoms with Crippen molar-refractivity contribution in [2.45, 2.75) is 34.9 Å². The molecule has 38 heavy (non-hydrogen) atoms. The van der Waals surface area contributed by atoms with E-state index in [1.165, 1.54) is 11.8 Å². The number of amides is 2. The molecule has 8 heteroatoms. The highest BCUT2D eigenvalue weighted by Gasteiger charge is 2.60. The second kappa shape index (κ2) is 11.0. The zero-order valence-corrected chi connectivity index (χ0v) is 22.7. The van der Waals surface area contributed by atoms with E-state index in [1.54, 1.807) is 26.2 Å². The Bertz CT molecular complexity index is 1290. The summed E-state index contributed by atoms with van der Waals surface area (Å²) in [6.07, 6.45) is 1.99. The van der Waals surface area contributed by atoms with Crippen molar-refractivity contribution in [2.24, 2.45) is 0 Å². The first kappa shape index (κ1) is 26.0. The van der Waals surface area contributed by atoms with Crippen molar-refractivity contribution >= 4 is 29.3 Å². The smallest absolute Gasteiger partial charge is 0.242 e. The van der Waals surface area contributed by atoms with E-state index in [2.05, 4.69) is 0 Å². The monoisotopic (exact) mass is 532 g/mol. The molecule has 2 fully saturated rings. The lowest BCUT2D eigenvalue weighted by atomic mass is 9.90. The normalized spacial score (nSPS) is 21.0. The Kier molecular flexibility index (Phi) is 7.51. The lowest BCUT2D eigenvalue weighted by molar-refractivity contribution is -0.133. The maximum Gasteiger partial charge on any atom is 0.242 e. The van der Waals surface area contributed by atoms with Crippen molar-refractivity contribution in [3.8, 4) is 17.2 Å². The van der Waals surface area contributed by atoms with Crippen LogP contribution in [0.25, 0.3) is 0 Å². The molecule has 2 heterocycles. The van der Waals surface area contributed by atoms with Crippen molar-refractivity contribution in [3.05, 3.63) is 78.4 Å². The van der Waals surface area contributed by atoms with E-state index in [-0.39, 0.29) is 18.2 Å². The molecular weight excluding hydrogens is 500 g/mol. The van der Waals surface area contributed by atoms with Gasteiger partial charge in [0.15, 0.2) is 0 Å². The molecule has 7 nitrogen and oxygen atoms in total. The minimum atomic E-state index is -1.09. The first-order valence-corrected chi connectivity index (χ1v) is 13.5. The van der Waals surface area contributed by atoms with Gasteiger partial charge in [0.2, 0.25) is 11.8 Å². The number of methoxy groups -OCH3 is 3. The van der Waals surface area contributed by atoms with Crippen molar-refractivity contribution in [1.29, 1.82) is 0 Å². The van der Waals surface area contributed by atoms with Gasteiger partial charge in [0, 0.05) is 18.0 Å². The Hall–Kier alpha value is -3.65. The zero-order valence-electron chi connectivity index (χ0n) is 21.9. The van der Waals surface area contributed by atoms with Crippen LogP contribution in [0.5, 0.6) is 17.2 Å². The van der Waals surface area contributed by atoms with E-state index in [4.69, 9.17) is 14.2 Å². The third-order valence-electron chi connectivity index (χ3n) is 7.27. The topological polar surface area (TPSA) is 68.3 Å². The highest BCUT2D eigenvalue weighted by Crippen LogP contribution is 2.56. The number of hydrogen-bond donors (Lipinski definition) is 0. The molecule has 0 bridgehead atoms. The summed E-state index contributed by atoms with van der Waals surface area (Å²) < 4.78 is 15.3. The molecule has 3 aromatic carbocycles. The Morgan fingerprint density at radius 3 is 2.05 bits per heavy atom. The predicted octanol–water partition coefficient (Wildman–Crippen LogP) is 5.34. The molecular formula is C30H32N2O5S. The van der Waals surface area contributed by atoms with Crippen LogP contribution < -0.4 is 19.1 Å². The molecule has 0 unspecified atom stereocenters. The van der Waals surface area contributed by atoms with Crippen LogP contribution in [0.3, 0.4) is 0 Å². The Balaban J connectivity index is 1.70. The summed E-state index contributed by atoms with van der Waals surface area (Å²) >= 11 is 1.46. The molecule has 3 aromatic rings. The van der Waals surface area contributed by atoms with Gasteiger partial charge in [0.25, 0.3) is 0 Å². The fourth-order valence-electron chi connectivity index (χ4n) is 5.44. The van der Waals surface area contributed by atoms with E-state index >= 15 is 0 Å². The number of para-hydroxylation sites is 2. The van der Waals surface area contributed by atoms with Gasteiger partial charge in [0.05, 0.1) is 39.5 Å². The molecule has 2 aliphatic heterocycles. The molecule has 2 aliphatic rings. The van der Waals surface area contributed by atoms with E-state index in [0.717, 1.165) is 29.1 Å². The summed E-state index contributed by atoms with van der Waals surface area (Å²) in [5, 5.41) is 0. The van der Waals surface area contributed by atoms with Gasteiger partial charge in [-0.2, -0.15) is 0 Å². The van der Waals surface area contributed by atoms with E-state index in [9.17, 15) is 9.59 Å². The Morgan fingerprint density at radius 1 is 0.842 bits per heavy atom. The molecule has 0 spiro atoms. The highest BCUT2D eigenvalue weighted by atomic mass is 32.2. The fourth-order valence-corrected chi connectivity index (χ4v) is 6.89. The molecule has 198 valence electrons. The summed E-state index contributed by atoms with van der Waals surface area (Å²) in [7, 11) is 4.84. The minimum Gasteiger partial charge on any atom is -0.497 e. The van der Waals surface area contributed by atoms with Gasteiger partial charge in [-0.3, -0.25) is 14.5 Å². The predicted molar refractivity (Wildman–Crippen MR) is 148 cm³/mol. The third-order valence-corrected chi connectivity index (χ3v) is 8.69. The van der Waals surface area contributed by atoms with Crippen molar-refractivity contribution in [2.75, 3.05) is 39.3 Å². The van der Waals surface area contributed by atoms with Crippen LogP contribution in [-0.4, -0.2) is 55.9 Å². The van der Waals surface area contributed by atoms with Crippen molar-refractivity contribution in [3.63, 3.8) is 0 Å². The SMILES string of the molecule is COc1ccc(S[C@]2(C(=O)N3CCCC3)CC(=O)N(c3ccccc3OC)[C@@H]2c2ccc(OC)cc2)cc1. The summed E-state index contributed by atoms with van der Waals surface area (Å²) in [5.41, 5.74) is 1.50. The van der Waals surface area contributed by atoms with Crippen LogP contribution in [0, 0.1) is 0 Å². The third kappa shape index (κ3) is 4.69. The first-order valence-electron chi connectivity index (χ1n) is 12.7. The van der Waals surface area contributed by atoms with E-state index in [1.807, 2.05) is 77.7 Å². The fraction of sp³-hybridized carbons (Fsp3) is 0.333. The quantitative estimate of drug-likeness (QED) is 0.390. The molecule has 2 amide bonds. The number of benzene rings is 3. The number of likely N-dealkylation sites (tertiary alicyclic amines) is 1. The van der Waals surface area contributed by atoms with Gasteiger partial charge in [-0.1, -0.05) is 24.3 Å². The van der Waals surface area contributed by atoms with E-state index in [0.29, 0.717) is 30.3 Å². The Labute approximate surface area is 227 Å². The summed E-state index contributed by atoms with van der Waals surface area (Å²) in [6, 6.07) is 22.2. The van der Waals surface area contributed by atoms with Gasteiger partial charge >= 0.3 is 0 Å². The average molecular weight is 533 g/mol. The molecule has 2 saturated heterocycles. The second-order valence-electron chi connectivity index (χ2n) is 9.45. The lowest BCUT2D eigenvalue weighted by Crippen LogP contribution is -2.49. The summed E-state index contributed by atoms with van der Waals surface area (Å²) in [5.74, 6) is 1.89. The lowest BCUT2D eigenvalue weighted by Gasteiger charge is -2.39.